The van der Waals surface area contributed by atoms with Crippen LogP contribution in [-0.4, -0.2) is 26.3 Å². The van der Waals surface area contributed by atoms with Gasteiger partial charge in [0.05, 0.1) is 10.9 Å². The first-order valence-corrected chi connectivity index (χ1v) is 11.5. The third-order valence-corrected chi connectivity index (χ3v) is 6.41. The standard InChI is InChI=1S/C26H25FN6O2/c1-15-9-10-18(12-21(15)27)32-26(35)31-17-6-4-5-16(11-17)23(34)20-13-33(19-7-2-3-8-19)25-22(20)24(28)29-14-30-25/h4-6,9-14,19H,2-3,7-8H2,1H3,(H2,28,29,30)(H2,31,32,35). The SMILES string of the molecule is Cc1ccc(NC(=O)Nc2cccc(C(=O)c3cn(C4CCCC4)c4ncnc(N)c34)c2)cc1F. The number of aromatic nitrogens is 3. The molecule has 1 aliphatic carbocycles. The lowest BCUT2D eigenvalue weighted by atomic mass is 10.0. The van der Waals surface area contributed by atoms with Crippen molar-refractivity contribution in [1.29, 1.82) is 0 Å². The minimum atomic E-state index is -0.548. The maximum atomic E-state index is 13.8. The van der Waals surface area contributed by atoms with Crippen LogP contribution in [0.15, 0.2) is 55.0 Å². The van der Waals surface area contributed by atoms with Gasteiger partial charge in [-0.15, -0.1) is 0 Å². The number of nitrogens with one attached hydrogen (secondary N) is 2. The number of urea groups is 1. The maximum Gasteiger partial charge on any atom is 0.323 e. The summed E-state index contributed by atoms with van der Waals surface area (Å²) < 4.78 is 15.8. The molecule has 178 valence electrons. The number of ketones is 1. The summed E-state index contributed by atoms with van der Waals surface area (Å²) >= 11 is 0. The van der Waals surface area contributed by atoms with Crippen LogP contribution in [0.3, 0.4) is 0 Å². The first-order chi connectivity index (χ1) is 16.9. The molecule has 4 N–H and O–H groups in total. The fourth-order valence-corrected chi connectivity index (χ4v) is 4.60. The number of nitrogens with zero attached hydrogens (tertiary/aromatic N) is 3. The van der Waals surface area contributed by atoms with Crippen molar-refractivity contribution < 1.29 is 14.0 Å². The van der Waals surface area contributed by atoms with Crippen molar-refractivity contribution in [2.45, 2.75) is 38.6 Å². The topological polar surface area (TPSA) is 115 Å². The van der Waals surface area contributed by atoms with Crippen molar-refractivity contribution in [3.63, 3.8) is 0 Å². The molecule has 5 rings (SSSR count). The van der Waals surface area contributed by atoms with Crippen LogP contribution in [0, 0.1) is 12.7 Å². The Kier molecular flexibility index (Phi) is 5.90. The van der Waals surface area contributed by atoms with Gasteiger partial charge in [0.2, 0.25) is 0 Å². The first-order valence-electron chi connectivity index (χ1n) is 11.5. The normalized spacial score (nSPS) is 13.8. The molecule has 1 saturated carbocycles. The Morgan fingerprint density at radius 3 is 2.54 bits per heavy atom. The molecule has 2 aromatic heterocycles. The summed E-state index contributed by atoms with van der Waals surface area (Å²) in [4.78, 5) is 34.5. The minimum absolute atomic E-state index is 0.238. The van der Waals surface area contributed by atoms with E-state index in [9.17, 15) is 14.0 Å². The summed E-state index contributed by atoms with van der Waals surface area (Å²) in [5.41, 5.74) is 8.88. The molecule has 0 unspecified atom stereocenters. The summed E-state index contributed by atoms with van der Waals surface area (Å²) in [7, 11) is 0. The van der Waals surface area contributed by atoms with Gasteiger partial charge in [-0.05, 0) is 49.6 Å². The molecule has 0 spiro atoms. The number of carbonyl (C=O) groups excluding carboxylic acids is 2. The number of fused-ring (bicyclic) bond motifs is 1. The Bertz CT molecular complexity index is 1440. The second-order valence-corrected chi connectivity index (χ2v) is 8.80. The highest BCUT2D eigenvalue weighted by atomic mass is 19.1. The molecule has 9 heteroatoms. The highest BCUT2D eigenvalue weighted by Crippen LogP contribution is 2.35. The summed E-state index contributed by atoms with van der Waals surface area (Å²) in [5, 5.41) is 5.83. The van der Waals surface area contributed by atoms with Crippen molar-refractivity contribution in [3.05, 3.63) is 77.5 Å². The van der Waals surface area contributed by atoms with Crippen LogP contribution in [-0.2, 0) is 0 Å². The lowest BCUT2D eigenvalue weighted by Gasteiger charge is -2.12. The van der Waals surface area contributed by atoms with Gasteiger partial charge in [0, 0.05) is 29.2 Å². The molecule has 0 aliphatic heterocycles. The van der Waals surface area contributed by atoms with E-state index in [1.165, 1.54) is 12.4 Å². The Hall–Kier alpha value is -4.27. The van der Waals surface area contributed by atoms with Crippen molar-refractivity contribution in [2.24, 2.45) is 0 Å². The zero-order valence-corrected chi connectivity index (χ0v) is 19.2. The number of nitrogens with two attached hydrogens (primary N) is 1. The molecule has 2 heterocycles. The average molecular weight is 473 g/mol. The van der Waals surface area contributed by atoms with E-state index in [0.717, 1.165) is 25.7 Å². The molecule has 2 amide bonds. The predicted molar refractivity (Wildman–Crippen MR) is 133 cm³/mol. The predicted octanol–water partition coefficient (Wildman–Crippen LogP) is 5.45. The van der Waals surface area contributed by atoms with Crippen LogP contribution in [0.4, 0.5) is 26.4 Å². The molecule has 8 nitrogen and oxygen atoms in total. The number of rotatable bonds is 5. The summed E-state index contributed by atoms with van der Waals surface area (Å²) in [6, 6.07) is 10.8. The second-order valence-electron chi connectivity index (χ2n) is 8.80. The Labute approximate surface area is 201 Å². The van der Waals surface area contributed by atoms with Crippen LogP contribution >= 0.6 is 0 Å². The number of hydrogen-bond donors (Lipinski definition) is 3. The number of aryl methyl sites for hydroxylation is 1. The number of hydrogen-bond acceptors (Lipinski definition) is 5. The Balaban J connectivity index is 1.41. The number of halogens is 1. The van der Waals surface area contributed by atoms with E-state index in [2.05, 4.69) is 20.6 Å². The lowest BCUT2D eigenvalue weighted by molar-refractivity contribution is 0.104. The average Bonchev–Trinajstić information content (AvgIpc) is 3.50. The molecule has 4 aromatic rings. The monoisotopic (exact) mass is 472 g/mol. The van der Waals surface area contributed by atoms with Crippen molar-refractivity contribution in [2.75, 3.05) is 16.4 Å². The smallest absolute Gasteiger partial charge is 0.323 e. The third kappa shape index (κ3) is 4.44. The van der Waals surface area contributed by atoms with E-state index in [4.69, 9.17) is 5.73 Å². The van der Waals surface area contributed by atoms with Gasteiger partial charge in [0.1, 0.15) is 23.6 Å². The van der Waals surface area contributed by atoms with Gasteiger partial charge in [-0.2, -0.15) is 0 Å². The highest BCUT2D eigenvalue weighted by Gasteiger charge is 2.25. The van der Waals surface area contributed by atoms with Crippen LogP contribution in [0.2, 0.25) is 0 Å². The Morgan fingerprint density at radius 1 is 1.06 bits per heavy atom. The Morgan fingerprint density at radius 2 is 1.80 bits per heavy atom. The fraction of sp³-hybridized carbons (Fsp3) is 0.231. The van der Waals surface area contributed by atoms with Gasteiger partial charge in [-0.25, -0.2) is 19.2 Å². The zero-order valence-electron chi connectivity index (χ0n) is 19.2. The van der Waals surface area contributed by atoms with Gasteiger partial charge in [-0.1, -0.05) is 31.0 Å². The van der Waals surface area contributed by atoms with Crippen molar-refractivity contribution in [1.82, 2.24) is 14.5 Å². The van der Waals surface area contributed by atoms with E-state index < -0.39 is 11.8 Å². The second kappa shape index (κ2) is 9.17. The van der Waals surface area contributed by atoms with Gasteiger partial charge in [0.15, 0.2) is 5.78 Å². The molecular formula is C26H25FN6O2. The fourth-order valence-electron chi connectivity index (χ4n) is 4.60. The number of amides is 2. The van der Waals surface area contributed by atoms with Gasteiger partial charge in [-0.3, -0.25) is 4.79 Å². The van der Waals surface area contributed by atoms with E-state index in [0.29, 0.717) is 39.1 Å². The molecule has 2 aromatic carbocycles. The molecule has 1 fully saturated rings. The number of benzene rings is 2. The van der Waals surface area contributed by atoms with E-state index in [-0.39, 0.29) is 17.6 Å². The quantitative estimate of drug-likeness (QED) is 0.334. The lowest BCUT2D eigenvalue weighted by Crippen LogP contribution is -2.19. The number of nitrogen functional groups attached to an aromatic ring is 1. The van der Waals surface area contributed by atoms with Gasteiger partial charge in [0.25, 0.3) is 0 Å². The molecule has 1 aliphatic rings. The van der Waals surface area contributed by atoms with E-state index in [1.807, 2.05) is 10.8 Å². The summed E-state index contributed by atoms with van der Waals surface area (Å²) in [6.07, 6.45) is 7.58. The molecule has 0 saturated heterocycles. The third-order valence-electron chi connectivity index (χ3n) is 6.41. The molecule has 35 heavy (non-hydrogen) atoms. The van der Waals surface area contributed by atoms with E-state index in [1.54, 1.807) is 43.3 Å². The maximum absolute atomic E-state index is 13.8. The minimum Gasteiger partial charge on any atom is -0.383 e. The highest BCUT2D eigenvalue weighted by molar-refractivity contribution is 6.18. The summed E-state index contributed by atoms with van der Waals surface area (Å²) in [6.45, 7) is 1.65. The van der Waals surface area contributed by atoms with Gasteiger partial charge < -0.3 is 20.9 Å². The molecule has 0 bridgehead atoms. The number of carbonyl (C=O) groups is 2. The number of anilines is 3. The van der Waals surface area contributed by atoms with Crippen molar-refractivity contribution in [3.8, 4) is 0 Å². The van der Waals surface area contributed by atoms with Crippen molar-refractivity contribution >= 4 is 40.0 Å². The van der Waals surface area contributed by atoms with Crippen LogP contribution in [0.25, 0.3) is 11.0 Å². The first kappa shape index (κ1) is 22.5. The molecule has 0 radical (unpaired) electrons. The zero-order chi connectivity index (χ0) is 24.5. The van der Waals surface area contributed by atoms with E-state index >= 15 is 0 Å². The van der Waals surface area contributed by atoms with Crippen LogP contribution in [0.5, 0.6) is 0 Å². The van der Waals surface area contributed by atoms with Gasteiger partial charge >= 0.3 is 6.03 Å². The van der Waals surface area contributed by atoms with Crippen LogP contribution in [0.1, 0.15) is 53.2 Å². The molecule has 0 atom stereocenters. The van der Waals surface area contributed by atoms with Crippen LogP contribution < -0.4 is 16.4 Å². The summed E-state index contributed by atoms with van der Waals surface area (Å²) in [5.74, 6) is -0.387. The molecular weight excluding hydrogens is 447 g/mol. The largest absolute Gasteiger partial charge is 0.383 e.